The number of aryl methyl sites for hydroxylation is 1. The Morgan fingerprint density at radius 1 is 1.10 bits per heavy atom. The van der Waals surface area contributed by atoms with Crippen molar-refractivity contribution in [3.05, 3.63) is 35.4 Å². The van der Waals surface area contributed by atoms with Crippen LogP contribution in [0.25, 0.3) is 0 Å². The zero-order valence-corrected chi connectivity index (χ0v) is 12.7. The SMILES string of the molecule is Cc1ccc(C(=O)CCC(=O)NCCCC(C)C)cc1. The second kappa shape index (κ2) is 8.51. The van der Waals surface area contributed by atoms with Crippen LogP contribution >= 0.6 is 0 Å². The van der Waals surface area contributed by atoms with Gasteiger partial charge < -0.3 is 5.32 Å². The second-order valence-corrected chi connectivity index (χ2v) is 5.68. The molecule has 1 amide bonds. The number of Topliss-reactive ketones (excluding diaryl/α,β-unsaturated/α-hetero) is 1. The van der Waals surface area contributed by atoms with Gasteiger partial charge in [-0.1, -0.05) is 43.7 Å². The highest BCUT2D eigenvalue weighted by atomic mass is 16.2. The van der Waals surface area contributed by atoms with Crippen molar-refractivity contribution in [1.29, 1.82) is 0 Å². The van der Waals surface area contributed by atoms with Crippen LogP contribution in [0.4, 0.5) is 0 Å². The van der Waals surface area contributed by atoms with Gasteiger partial charge in [-0.05, 0) is 25.7 Å². The molecule has 0 bridgehead atoms. The summed E-state index contributed by atoms with van der Waals surface area (Å²) in [6.45, 7) is 7.03. The number of rotatable bonds is 8. The van der Waals surface area contributed by atoms with Crippen LogP contribution in [0.3, 0.4) is 0 Å². The number of nitrogens with one attached hydrogen (secondary N) is 1. The van der Waals surface area contributed by atoms with Crippen LogP contribution in [0.15, 0.2) is 24.3 Å². The monoisotopic (exact) mass is 275 g/mol. The predicted molar refractivity (Wildman–Crippen MR) is 81.8 cm³/mol. The lowest BCUT2D eigenvalue weighted by molar-refractivity contribution is -0.121. The van der Waals surface area contributed by atoms with Crippen LogP contribution in [0.2, 0.25) is 0 Å². The molecule has 1 rings (SSSR count). The molecule has 1 aromatic carbocycles. The summed E-state index contributed by atoms with van der Waals surface area (Å²) in [6.07, 6.45) is 2.66. The maximum Gasteiger partial charge on any atom is 0.220 e. The number of benzene rings is 1. The molecule has 0 spiro atoms. The van der Waals surface area contributed by atoms with Gasteiger partial charge in [-0.15, -0.1) is 0 Å². The standard InChI is InChI=1S/C17H25NO2/c1-13(2)5-4-12-18-17(20)11-10-16(19)15-8-6-14(3)7-9-15/h6-9,13H,4-5,10-12H2,1-3H3,(H,18,20). The molecule has 0 saturated carbocycles. The molecule has 0 unspecified atom stereocenters. The molecule has 0 aromatic heterocycles. The van der Waals surface area contributed by atoms with Crippen LogP contribution in [0.1, 0.15) is 55.5 Å². The Labute approximate surface area is 121 Å². The van der Waals surface area contributed by atoms with Crippen molar-refractivity contribution in [2.45, 2.75) is 46.5 Å². The molecule has 0 atom stereocenters. The molecule has 0 heterocycles. The van der Waals surface area contributed by atoms with Crippen LogP contribution in [-0.4, -0.2) is 18.2 Å². The molecule has 0 saturated heterocycles. The Kier molecular flexibility index (Phi) is 6.99. The molecule has 3 nitrogen and oxygen atoms in total. The predicted octanol–water partition coefficient (Wildman–Crippen LogP) is 3.51. The fourth-order valence-corrected chi connectivity index (χ4v) is 1.94. The van der Waals surface area contributed by atoms with Crippen LogP contribution in [0.5, 0.6) is 0 Å². The zero-order valence-electron chi connectivity index (χ0n) is 12.7. The molecule has 3 heteroatoms. The highest BCUT2D eigenvalue weighted by molar-refractivity contribution is 5.97. The van der Waals surface area contributed by atoms with Gasteiger partial charge in [-0.2, -0.15) is 0 Å². The third kappa shape index (κ3) is 6.50. The largest absolute Gasteiger partial charge is 0.356 e. The van der Waals surface area contributed by atoms with Crippen LogP contribution in [0, 0.1) is 12.8 Å². The van der Waals surface area contributed by atoms with Crippen LogP contribution < -0.4 is 5.32 Å². The zero-order chi connectivity index (χ0) is 15.0. The number of hydrogen-bond acceptors (Lipinski definition) is 2. The fraction of sp³-hybridized carbons (Fsp3) is 0.529. The van der Waals surface area contributed by atoms with Crippen molar-refractivity contribution in [1.82, 2.24) is 5.32 Å². The summed E-state index contributed by atoms with van der Waals surface area (Å²) in [6, 6.07) is 7.47. The first-order chi connectivity index (χ1) is 9.49. The molecule has 0 aliphatic carbocycles. The van der Waals surface area contributed by atoms with Crippen molar-refractivity contribution in [3.63, 3.8) is 0 Å². The third-order valence-electron chi connectivity index (χ3n) is 3.23. The van der Waals surface area contributed by atoms with E-state index in [4.69, 9.17) is 0 Å². The second-order valence-electron chi connectivity index (χ2n) is 5.68. The van der Waals surface area contributed by atoms with E-state index in [0.29, 0.717) is 18.0 Å². The Morgan fingerprint density at radius 2 is 1.75 bits per heavy atom. The number of carbonyl (C=O) groups is 2. The van der Waals surface area contributed by atoms with Crippen molar-refractivity contribution in [2.75, 3.05) is 6.54 Å². The van der Waals surface area contributed by atoms with Crippen LogP contribution in [-0.2, 0) is 4.79 Å². The maximum atomic E-state index is 11.9. The highest BCUT2D eigenvalue weighted by Gasteiger charge is 2.08. The minimum absolute atomic E-state index is 0.0299. The first-order valence-electron chi connectivity index (χ1n) is 7.35. The van der Waals surface area contributed by atoms with Crippen molar-refractivity contribution in [2.24, 2.45) is 5.92 Å². The average Bonchev–Trinajstić information content (AvgIpc) is 2.41. The van der Waals surface area contributed by atoms with E-state index in [1.807, 2.05) is 31.2 Å². The Hall–Kier alpha value is -1.64. The van der Waals surface area contributed by atoms with Crippen molar-refractivity contribution < 1.29 is 9.59 Å². The molecule has 0 radical (unpaired) electrons. The van der Waals surface area contributed by atoms with Gasteiger partial charge in [0.05, 0.1) is 0 Å². The Morgan fingerprint density at radius 3 is 2.35 bits per heavy atom. The van der Waals surface area contributed by atoms with Gasteiger partial charge in [-0.25, -0.2) is 0 Å². The van der Waals surface area contributed by atoms with E-state index in [9.17, 15) is 9.59 Å². The summed E-state index contributed by atoms with van der Waals surface area (Å²) in [5, 5.41) is 2.86. The summed E-state index contributed by atoms with van der Waals surface area (Å²) in [7, 11) is 0. The van der Waals surface area contributed by atoms with Crippen molar-refractivity contribution >= 4 is 11.7 Å². The first-order valence-corrected chi connectivity index (χ1v) is 7.35. The molecule has 0 aliphatic heterocycles. The topological polar surface area (TPSA) is 46.2 Å². The fourth-order valence-electron chi connectivity index (χ4n) is 1.94. The lowest BCUT2D eigenvalue weighted by Gasteiger charge is -2.06. The number of hydrogen-bond donors (Lipinski definition) is 1. The Balaban J connectivity index is 2.23. The van der Waals surface area contributed by atoms with Gasteiger partial charge in [0.15, 0.2) is 5.78 Å². The summed E-state index contributed by atoms with van der Waals surface area (Å²) in [4.78, 5) is 23.5. The van der Waals surface area contributed by atoms with E-state index in [1.54, 1.807) is 0 Å². The first kappa shape index (κ1) is 16.4. The van der Waals surface area contributed by atoms with Gasteiger partial charge in [0, 0.05) is 24.9 Å². The number of ketones is 1. The Bertz CT molecular complexity index is 435. The van der Waals surface area contributed by atoms with E-state index in [-0.39, 0.29) is 24.5 Å². The normalized spacial score (nSPS) is 10.6. The lowest BCUT2D eigenvalue weighted by atomic mass is 10.0. The summed E-state index contributed by atoms with van der Waals surface area (Å²) in [5.41, 5.74) is 1.81. The van der Waals surface area contributed by atoms with Gasteiger partial charge in [0.25, 0.3) is 0 Å². The van der Waals surface area contributed by atoms with E-state index in [2.05, 4.69) is 19.2 Å². The number of carbonyl (C=O) groups excluding carboxylic acids is 2. The molecule has 110 valence electrons. The summed E-state index contributed by atoms with van der Waals surface area (Å²) in [5.74, 6) is 0.659. The van der Waals surface area contributed by atoms with Gasteiger partial charge >= 0.3 is 0 Å². The molecule has 0 fully saturated rings. The molecule has 1 N–H and O–H groups in total. The summed E-state index contributed by atoms with van der Waals surface area (Å²) < 4.78 is 0. The number of amides is 1. The minimum atomic E-state index is -0.0331. The highest BCUT2D eigenvalue weighted by Crippen LogP contribution is 2.07. The van der Waals surface area contributed by atoms with Gasteiger partial charge in [-0.3, -0.25) is 9.59 Å². The molecular formula is C17H25NO2. The lowest BCUT2D eigenvalue weighted by Crippen LogP contribution is -2.25. The molecule has 1 aromatic rings. The van der Waals surface area contributed by atoms with Crippen molar-refractivity contribution in [3.8, 4) is 0 Å². The molecule has 0 aliphatic rings. The quantitative estimate of drug-likeness (QED) is 0.583. The minimum Gasteiger partial charge on any atom is -0.356 e. The summed E-state index contributed by atoms with van der Waals surface area (Å²) >= 11 is 0. The van der Waals surface area contributed by atoms with Gasteiger partial charge in [0.2, 0.25) is 5.91 Å². The van der Waals surface area contributed by atoms with Gasteiger partial charge in [0.1, 0.15) is 0 Å². The molecule has 20 heavy (non-hydrogen) atoms. The van der Waals surface area contributed by atoms with E-state index in [1.165, 1.54) is 0 Å². The smallest absolute Gasteiger partial charge is 0.220 e. The van der Waals surface area contributed by atoms with E-state index >= 15 is 0 Å². The van der Waals surface area contributed by atoms with E-state index in [0.717, 1.165) is 18.4 Å². The maximum absolute atomic E-state index is 11.9. The third-order valence-corrected chi connectivity index (χ3v) is 3.23. The molecular weight excluding hydrogens is 250 g/mol. The van der Waals surface area contributed by atoms with E-state index < -0.39 is 0 Å². The average molecular weight is 275 g/mol.